The maximum atomic E-state index is 2.37. The van der Waals surface area contributed by atoms with Gasteiger partial charge in [0.15, 0.2) is 0 Å². The minimum Gasteiger partial charge on any atom is -0.350 e. The van der Waals surface area contributed by atoms with E-state index in [1.165, 1.54) is 47.8 Å². The van der Waals surface area contributed by atoms with Crippen molar-refractivity contribution in [2.24, 2.45) is 14.1 Å². The van der Waals surface area contributed by atoms with Gasteiger partial charge >= 0.3 is 0 Å². The van der Waals surface area contributed by atoms with E-state index in [1.54, 1.807) is 0 Å². The topological polar surface area (TPSA) is 9.86 Å². The lowest BCUT2D eigenvalue weighted by molar-refractivity contribution is 0.933. The van der Waals surface area contributed by atoms with Crippen LogP contribution in [0.25, 0.3) is 21.8 Å². The molecule has 4 rings (SSSR count). The summed E-state index contributed by atoms with van der Waals surface area (Å²) in [6.45, 7) is 8.64. The third-order valence-corrected chi connectivity index (χ3v) is 6.05. The van der Waals surface area contributed by atoms with Crippen LogP contribution in [0.3, 0.4) is 0 Å². The number of benzene rings is 2. The molecule has 0 spiro atoms. The molecule has 0 aliphatic rings. The molecule has 0 N–H and O–H groups in total. The maximum Gasteiger partial charge on any atom is 0.0806 e. The molecule has 25 heavy (non-hydrogen) atoms. The van der Waals surface area contributed by atoms with Gasteiger partial charge < -0.3 is 9.13 Å². The largest absolute Gasteiger partial charge is 0.350 e. The van der Waals surface area contributed by atoms with E-state index in [9.17, 15) is 0 Å². The highest BCUT2D eigenvalue weighted by Crippen LogP contribution is 2.26. The van der Waals surface area contributed by atoms with Crippen molar-refractivity contribution >= 4 is 44.4 Å². The van der Waals surface area contributed by atoms with Crippen molar-refractivity contribution < 1.29 is 0 Å². The van der Waals surface area contributed by atoms with Crippen molar-refractivity contribution in [2.75, 3.05) is 0 Å². The molecule has 0 amide bonds. The zero-order chi connectivity index (χ0) is 18.3. The number of rotatable bonds is 0. The van der Waals surface area contributed by atoms with Crippen LogP contribution in [0, 0.1) is 31.4 Å². The van der Waals surface area contributed by atoms with Crippen LogP contribution in [0.15, 0.2) is 42.6 Å². The fourth-order valence-electron chi connectivity index (χ4n) is 3.53. The Kier molecular flexibility index (Phi) is 4.96. The summed E-state index contributed by atoms with van der Waals surface area (Å²) in [5, 5.41) is 2.75. The van der Waals surface area contributed by atoms with Gasteiger partial charge in [-0.15, -0.1) is 0 Å². The smallest absolute Gasteiger partial charge is 0.0806 e. The summed E-state index contributed by atoms with van der Waals surface area (Å²) in [5.74, 6) is 0. The normalized spacial score (nSPS) is 11.0. The van der Waals surface area contributed by atoms with E-state index >= 15 is 0 Å². The molecule has 2 heterocycles. The van der Waals surface area contributed by atoms with Gasteiger partial charge in [-0.3, -0.25) is 0 Å². The molecule has 2 nitrogen and oxygen atoms in total. The third-order valence-electron chi connectivity index (χ3n) is 5.01. The second-order valence-corrected chi connectivity index (χ2v) is 7.98. The number of hydrogen-bond acceptors (Lipinski definition) is 0. The standard InChI is InChI=1S/C11H12IN.C11H13N/c1-7-4-5-8(2)11-9(7)6-10(12)13(11)3;1-8-4-5-9(2)11-10(8)6-7-12(11)3/h4-6H,1-3H3;4-7H,1-3H3. The van der Waals surface area contributed by atoms with E-state index in [0.29, 0.717) is 0 Å². The van der Waals surface area contributed by atoms with Gasteiger partial charge in [0.25, 0.3) is 0 Å². The number of aryl methyl sites for hydroxylation is 6. The van der Waals surface area contributed by atoms with E-state index in [-0.39, 0.29) is 0 Å². The van der Waals surface area contributed by atoms with Crippen LogP contribution in [-0.2, 0) is 14.1 Å². The minimum atomic E-state index is 1.30. The van der Waals surface area contributed by atoms with Crippen LogP contribution in [0.5, 0.6) is 0 Å². The first-order valence-electron chi connectivity index (χ1n) is 8.53. The minimum absolute atomic E-state index is 1.30. The van der Waals surface area contributed by atoms with Gasteiger partial charge in [-0.2, -0.15) is 0 Å². The molecule has 3 heteroatoms. The first-order valence-corrected chi connectivity index (χ1v) is 9.61. The molecule has 0 bridgehead atoms. The van der Waals surface area contributed by atoms with E-state index in [2.05, 4.69) is 116 Å². The molecular formula is C22H25IN2. The van der Waals surface area contributed by atoms with Gasteiger partial charge in [0, 0.05) is 31.1 Å². The average Bonchev–Trinajstić information content (AvgIpc) is 3.11. The van der Waals surface area contributed by atoms with Crippen molar-refractivity contribution in [1.29, 1.82) is 0 Å². The summed E-state index contributed by atoms with van der Waals surface area (Å²) in [6, 6.07) is 13.2. The van der Waals surface area contributed by atoms with Gasteiger partial charge in [0.2, 0.25) is 0 Å². The quantitative estimate of drug-likeness (QED) is 0.286. The first kappa shape index (κ1) is 18.1. The van der Waals surface area contributed by atoms with Crippen molar-refractivity contribution in [3.63, 3.8) is 0 Å². The zero-order valence-electron chi connectivity index (χ0n) is 15.8. The molecule has 0 saturated heterocycles. The summed E-state index contributed by atoms with van der Waals surface area (Å²) < 4.78 is 5.72. The molecule has 130 valence electrons. The Morgan fingerprint density at radius 2 is 1.20 bits per heavy atom. The third kappa shape index (κ3) is 3.22. The molecule has 0 atom stereocenters. The molecule has 2 aromatic heterocycles. The molecular weight excluding hydrogens is 419 g/mol. The number of aromatic nitrogens is 2. The van der Waals surface area contributed by atoms with Crippen LogP contribution in [0.1, 0.15) is 22.3 Å². The molecule has 2 aromatic carbocycles. The lowest BCUT2D eigenvalue weighted by Gasteiger charge is -2.03. The summed E-state index contributed by atoms with van der Waals surface area (Å²) in [4.78, 5) is 0. The van der Waals surface area contributed by atoms with Gasteiger partial charge in [0.1, 0.15) is 0 Å². The predicted molar refractivity (Wildman–Crippen MR) is 118 cm³/mol. The maximum absolute atomic E-state index is 2.37. The van der Waals surface area contributed by atoms with Gasteiger partial charge in [-0.25, -0.2) is 0 Å². The van der Waals surface area contributed by atoms with E-state index in [1.807, 2.05) is 0 Å². The fraction of sp³-hybridized carbons (Fsp3) is 0.273. The molecule has 4 aromatic rings. The van der Waals surface area contributed by atoms with Crippen LogP contribution in [0.2, 0.25) is 0 Å². The van der Waals surface area contributed by atoms with Crippen molar-refractivity contribution in [3.05, 3.63) is 68.5 Å². The van der Waals surface area contributed by atoms with Gasteiger partial charge in [0.05, 0.1) is 14.7 Å². The summed E-state index contributed by atoms with van der Waals surface area (Å²) in [5.41, 5.74) is 8.14. The number of halogens is 1. The van der Waals surface area contributed by atoms with Crippen molar-refractivity contribution in [1.82, 2.24) is 9.13 Å². The highest BCUT2D eigenvalue weighted by molar-refractivity contribution is 14.1. The second-order valence-electron chi connectivity index (χ2n) is 6.88. The summed E-state index contributed by atoms with van der Waals surface area (Å²) >= 11 is 2.37. The van der Waals surface area contributed by atoms with E-state index in [0.717, 1.165) is 0 Å². The Labute approximate surface area is 163 Å². The zero-order valence-corrected chi connectivity index (χ0v) is 18.0. The Balaban J connectivity index is 0.000000146. The Bertz CT molecular complexity index is 1070. The SMILES string of the molecule is Cc1ccc(C)c2c1cc(I)n2C.Cc1ccc(C)c2c1ccn2C. The predicted octanol–water partition coefficient (Wildman–Crippen LogP) is 6.19. The molecule has 0 aliphatic carbocycles. The lowest BCUT2D eigenvalue weighted by atomic mass is 10.1. The molecule has 0 aliphatic heterocycles. The van der Waals surface area contributed by atoms with Gasteiger partial charge in [-0.1, -0.05) is 24.3 Å². The van der Waals surface area contributed by atoms with E-state index in [4.69, 9.17) is 0 Å². The number of fused-ring (bicyclic) bond motifs is 2. The lowest BCUT2D eigenvalue weighted by Crippen LogP contribution is -1.91. The first-order chi connectivity index (χ1) is 11.8. The fourth-order valence-corrected chi connectivity index (χ4v) is 4.08. The van der Waals surface area contributed by atoms with Crippen LogP contribution >= 0.6 is 22.6 Å². The average molecular weight is 444 g/mol. The number of hydrogen-bond donors (Lipinski definition) is 0. The number of nitrogens with zero attached hydrogens (tertiary/aromatic N) is 2. The van der Waals surface area contributed by atoms with Crippen LogP contribution < -0.4 is 0 Å². The van der Waals surface area contributed by atoms with Crippen molar-refractivity contribution in [3.8, 4) is 0 Å². The molecule has 0 radical (unpaired) electrons. The summed E-state index contributed by atoms with van der Waals surface area (Å²) in [6.07, 6.45) is 2.12. The van der Waals surface area contributed by atoms with Crippen LogP contribution in [0.4, 0.5) is 0 Å². The molecule has 0 unspecified atom stereocenters. The Morgan fingerprint density at radius 1 is 0.680 bits per heavy atom. The molecule has 0 fully saturated rings. The van der Waals surface area contributed by atoms with Crippen LogP contribution in [-0.4, -0.2) is 9.13 Å². The Hall–Kier alpha value is -1.75. The molecule has 0 saturated carbocycles. The Morgan fingerprint density at radius 3 is 1.76 bits per heavy atom. The highest BCUT2D eigenvalue weighted by atomic mass is 127. The summed E-state index contributed by atoms with van der Waals surface area (Å²) in [7, 11) is 4.21. The second kappa shape index (κ2) is 6.87. The van der Waals surface area contributed by atoms with E-state index < -0.39 is 0 Å². The van der Waals surface area contributed by atoms with Crippen molar-refractivity contribution in [2.45, 2.75) is 27.7 Å². The highest BCUT2D eigenvalue weighted by Gasteiger charge is 2.07. The monoisotopic (exact) mass is 444 g/mol. The van der Waals surface area contributed by atoms with Gasteiger partial charge in [-0.05, 0) is 84.7 Å².